The van der Waals surface area contributed by atoms with Gasteiger partial charge in [0.15, 0.2) is 0 Å². The lowest BCUT2D eigenvalue weighted by Crippen LogP contribution is -1.99. The average molecular weight is 204 g/mol. The van der Waals surface area contributed by atoms with Crippen LogP contribution in [0.15, 0.2) is 0 Å². The fraction of sp³-hybridized carbons (Fsp3) is 1.00. The highest BCUT2D eigenvalue weighted by Crippen LogP contribution is 2.34. The minimum Gasteiger partial charge on any atom is -0.174 e. The van der Waals surface area contributed by atoms with Gasteiger partial charge < -0.3 is 0 Å². The lowest BCUT2D eigenvalue weighted by atomic mass is 10.3. The summed E-state index contributed by atoms with van der Waals surface area (Å²) in [5.74, 6) is 1.37. The minimum atomic E-state index is -3.67. The zero-order chi connectivity index (χ0) is 8.69. The second-order valence-corrected chi connectivity index (χ2v) is 5.04. The molecule has 0 saturated carbocycles. The van der Waals surface area contributed by atoms with Gasteiger partial charge in [-0.3, -0.25) is 0 Å². The number of halogens is 3. The van der Waals surface area contributed by atoms with Crippen LogP contribution in [-0.4, -0.2) is 17.7 Å². The van der Waals surface area contributed by atoms with Crippen molar-refractivity contribution in [3.63, 3.8) is 0 Å². The van der Waals surface area contributed by atoms with Gasteiger partial charge in [-0.2, -0.15) is 13.2 Å². The predicted molar refractivity (Wildman–Crippen MR) is 45.9 cm³/mol. The van der Waals surface area contributed by atoms with Crippen molar-refractivity contribution in [1.29, 1.82) is 0 Å². The molecule has 1 saturated heterocycles. The van der Waals surface area contributed by atoms with Crippen molar-refractivity contribution in [3.05, 3.63) is 0 Å². The molecule has 1 fully saturated rings. The molecule has 1 aliphatic rings. The third-order valence-electron chi connectivity index (χ3n) is 1.07. The van der Waals surface area contributed by atoms with Crippen molar-refractivity contribution in [2.75, 3.05) is 5.75 Å². The van der Waals surface area contributed by atoms with Gasteiger partial charge in [0.25, 0.3) is 0 Å². The number of alkyl halides is 3. The first kappa shape index (κ1) is 11.5. The third kappa shape index (κ3) is 10.5. The summed E-state index contributed by atoms with van der Waals surface area (Å²) >= 11 is 0. The van der Waals surface area contributed by atoms with Crippen LogP contribution in [0.2, 0.25) is 0 Å². The summed E-state index contributed by atoms with van der Waals surface area (Å²) in [4.78, 5) is 0. The smallest absolute Gasteiger partial charge is 0.174 e. The van der Waals surface area contributed by atoms with Crippen LogP contribution in [0.4, 0.5) is 13.2 Å². The van der Waals surface area contributed by atoms with E-state index in [0.717, 1.165) is 5.25 Å². The lowest BCUT2D eigenvalue weighted by Gasteiger charge is -2.14. The Morgan fingerprint density at radius 1 is 1.36 bits per heavy atom. The Balaban J connectivity index is 0.000000218. The Morgan fingerprint density at radius 2 is 1.91 bits per heavy atom. The molecule has 11 heavy (non-hydrogen) atoms. The average Bonchev–Trinajstić information content (AvgIpc) is 1.87. The van der Waals surface area contributed by atoms with Gasteiger partial charge in [0.1, 0.15) is 0 Å². The highest BCUT2D eigenvalue weighted by Gasteiger charge is 2.07. The summed E-state index contributed by atoms with van der Waals surface area (Å²) in [6.07, 6.45) is 2.86. The van der Waals surface area contributed by atoms with Gasteiger partial charge in [-0.1, -0.05) is 28.5 Å². The molecular formula is C6H11F3S2. The van der Waals surface area contributed by atoms with Crippen LogP contribution in [0.3, 0.4) is 0 Å². The second kappa shape index (κ2) is 7.16. The molecule has 5 heteroatoms. The van der Waals surface area contributed by atoms with Crippen LogP contribution in [-0.2, 0) is 0 Å². The molecular weight excluding hydrogens is 193 g/mol. The molecule has 1 unspecified atom stereocenters. The molecule has 1 heterocycles. The second-order valence-electron chi connectivity index (χ2n) is 2.12. The van der Waals surface area contributed by atoms with Crippen LogP contribution in [0.1, 0.15) is 19.8 Å². The van der Waals surface area contributed by atoms with Crippen molar-refractivity contribution < 1.29 is 13.2 Å². The van der Waals surface area contributed by atoms with Crippen LogP contribution in [0, 0.1) is 0 Å². The molecule has 0 nitrogen and oxygen atoms in total. The highest BCUT2D eigenvalue weighted by molar-refractivity contribution is 8.77. The van der Waals surface area contributed by atoms with Crippen molar-refractivity contribution in [2.24, 2.45) is 0 Å². The van der Waals surface area contributed by atoms with E-state index in [1.165, 1.54) is 18.6 Å². The van der Waals surface area contributed by atoms with E-state index in [1.54, 1.807) is 0 Å². The number of hydrogen-bond donors (Lipinski definition) is 0. The van der Waals surface area contributed by atoms with Crippen molar-refractivity contribution in [1.82, 2.24) is 0 Å². The zero-order valence-corrected chi connectivity index (χ0v) is 7.86. The van der Waals surface area contributed by atoms with Crippen LogP contribution >= 0.6 is 21.6 Å². The van der Waals surface area contributed by atoms with E-state index in [4.69, 9.17) is 0 Å². The highest BCUT2D eigenvalue weighted by atomic mass is 33.1. The SMILES string of the molecule is CC1CCCSS1.FC(F)F. The fourth-order valence-electron chi connectivity index (χ4n) is 0.642. The summed E-state index contributed by atoms with van der Waals surface area (Å²) in [7, 11) is 4.05. The summed E-state index contributed by atoms with van der Waals surface area (Å²) < 4.78 is 29.0. The van der Waals surface area contributed by atoms with Gasteiger partial charge in [0.05, 0.1) is 0 Å². The molecule has 0 aromatic heterocycles. The quantitative estimate of drug-likeness (QED) is 0.551. The van der Waals surface area contributed by atoms with Gasteiger partial charge in [0.2, 0.25) is 0 Å². The molecule has 0 aliphatic carbocycles. The van der Waals surface area contributed by atoms with E-state index in [9.17, 15) is 13.2 Å². The van der Waals surface area contributed by atoms with Crippen LogP contribution in [0.5, 0.6) is 0 Å². The van der Waals surface area contributed by atoms with E-state index >= 15 is 0 Å². The van der Waals surface area contributed by atoms with E-state index in [2.05, 4.69) is 6.92 Å². The molecule has 0 radical (unpaired) electrons. The first-order chi connectivity index (χ1) is 5.13. The molecule has 0 aromatic carbocycles. The maximum atomic E-state index is 9.67. The molecule has 68 valence electrons. The van der Waals surface area contributed by atoms with Crippen LogP contribution < -0.4 is 0 Å². The zero-order valence-electron chi connectivity index (χ0n) is 6.23. The normalized spacial score (nSPS) is 24.3. The molecule has 1 rings (SSSR count). The summed E-state index contributed by atoms with van der Waals surface area (Å²) in [6.45, 7) is -1.36. The Kier molecular flexibility index (Phi) is 7.47. The molecule has 0 amide bonds. The van der Waals surface area contributed by atoms with Crippen LogP contribution in [0.25, 0.3) is 0 Å². The predicted octanol–water partition coefficient (Wildman–Crippen LogP) is 3.73. The maximum Gasteiger partial charge on any atom is 0.379 e. The standard InChI is InChI=1S/C5H10S2.CHF3/c1-5-3-2-4-6-7-5;2-1(3)4/h5H,2-4H2,1H3;1H. The molecule has 0 aromatic rings. The number of hydrogen-bond acceptors (Lipinski definition) is 2. The Hall–Kier alpha value is 0.490. The minimum absolute atomic E-state index is 0.916. The van der Waals surface area contributed by atoms with Crippen molar-refractivity contribution in [3.8, 4) is 0 Å². The Bertz CT molecular complexity index is 81.1. The first-order valence-corrected chi connectivity index (χ1v) is 5.71. The summed E-state index contributed by atoms with van der Waals surface area (Å²) in [6, 6.07) is 0. The molecule has 0 N–H and O–H groups in total. The Morgan fingerprint density at radius 3 is 2.09 bits per heavy atom. The lowest BCUT2D eigenvalue weighted by molar-refractivity contribution is 0.00819. The molecule has 1 aliphatic heterocycles. The van der Waals surface area contributed by atoms with Gasteiger partial charge in [-0.15, -0.1) is 0 Å². The van der Waals surface area contributed by atoms with Crippen molar-refractivity contribution >= 4 is 21.6 Å². The molecule has 0 bridgehead atoms. The molecule has 0 spiro atoms. The molecule has 1 atom stereocenters. The van der Waals surface area contributed by atoms with E-state index < -0.39 is 6.68 Å². The monoisotopic (exact) mass is 204 g/mol. The summed E-state index contributed by atoms with van der Waals surface area (Å²) in [5.41, 5.74) is 0. The number of rotatable bonds is 0. The largest absolute Gasteiger partial charge is 0.379 e. The van der Waals surface area contributed by atoms with Gasteiger partial charge in [-0.05, 0) is 12.8 Å². The topological polar surface area (TPSA) is 0 Å². The first-order valence-electron chi connectivity index (χ1n) is 3.33. The van der Waals surface area contributed by atoms with E-state index in [0.29, 0.717) is 0 Å². The third-order valence-corrected chi connectivity index (χ3v) is 4.12. The Labute approximate surface area is 72.7 Å². The van der Waals surface area contributed by atoms with Crippen molar-refractivity contribution in [2.45, 2.75) is 31.7 Å². The fourth-order valence-corrected chi connectivity index (χ4v) is 3.15. The van der Waals surface area contributed by atoms with E-state index in [-0.39, 0.29) is 0 Å². The maximum absolute atomic E-state index is 9.67. The van der Waals surface area contributed by atoms with Gasteiger partial charge in [0, 0.05) is 11.0 Å². The van der Waals surface area contributed by atoms with Gasteiger partial charge >= 0.3 is 6.68 Å². The van der Waals surface area contributed by atoms with E-state index in [1.807, 2.05) is 21.6 Å². The summed E-state index contributed by atoms with van der Waals surface area (Å²) in [5, 5.41) is 0.916. The van der Waals surface area contributed by atoms with Gasteiger partial charge in [-0.25, -0.2) is 0 Å².